The first kappa shape index (κ1) is 14.5. The monoisotopic (exact) mass is 272 g/mol. The topological polar surface area (TPSA) is 74.2 Å². The third-order valence-corrected chi connectivity index (χ3v) is 3.71. The van der Waals surface area contributed by atoms with E-state index in [0.717, 1.165) is 0 Å². The Balaban J connectivity index is 2.13. The van der Waals surface area contributed by atoms with Crippen molar-refractivity contribution in [3.63, 3.8) is 0 Å². The smallest absolute Gasteiger partial charge is 0.314 e. The summed E-state index contributed by atoms with van der Waals surface area (Å²) in [6.45, 7) is 5.19. The fraction of sp³-hybridized carbons (Fsp3) is 0.769. The first-order valence-corrected chi connectivity index (χ1v) is 6.40. The van der Waals surface area contributed by atoms with Crippen LogP contribution in [-0.2, 0) is 23.7 Å². The van der Waals surface area contributed by atoms with E-state index < -0.39 is 18.2 Å². The van der Waals surface area contributed by atoms with Gasteiger partial charge in [0.1, 0.15) is 5.92 Å². The van der Waals surface area contributed by atoms with Gasteiger partial charge in [-0.25, -0.2) is 0 Å². The zero-order valence-electron chi connectivity index (χ0n) is 11.0. The van der Waals surface area contributed by atoms with Crippen LogP contribution >= 0.6 is 0 Å². The Labute approximate surface area is 112 Å². The molecule has 0 aromatic carbocycles. The fourth-order valence-electron chi connectivity index (χ4n) is 2.67. The van der Waals surface area contributed by atoms with E-state index in [0.29, 0.717) is 26.2 Å². The zero-order chi connectivity index (χ0) is 13.8. The maximum absolute atomic E-state index is 11.8. The van der Waals surface area contributed by atoms with Crippen LogP contribution < -0.4 is 0 Å². The molecule has 19 heavy (non-hydrogen) atoms. The van der Waals surface area contributed by atoms with Crippen LogP contribution in [0.3, 0.4) is 0 Å². The average Bonchev–Trinajstić information content (AvgIpc) is 2.91. The molecule has 6 nitrogen and oxygen atoms in total. The van der Waals surface area contributed by atoms with Crippen LogP contribution in [0.4, 0.5) is 0 Å². The lowest BCUT2D eigenvalue weighted by Gasteiger charge is -2.38. The van der Waals surface area contributed by atoms with Crippen molar-refractivity contribution in [3.8, 4) is 0 Å². The molecular weight excluding hydrogens is 252 g/mol. The van der Waals surface area contributed by atoms with Gasteiger partial charge in [0, 0.05) is 12.3 Å². The Morgan fingerprint density at radius 1 is 1.42 bits per heavy atom. The first-order valence-electron chi connectivity index (χ1n) is 6.40. The average molecular weight is 272 g/mol. The largest absolute Gasteiger partial charge is 0.469 e. The van der Waals surface area contributed by atoms with Crippen LogP contribution in [0.2, 0.25) is 0 Å². The Bertz CT molecular complexity index is 325. The molecule has 0 bridgehead atoms. The SMILES string of the molecule is C=C[C@H]1COC(O)C(C(=O)OC)[C@H]1CC1OCCO1. The van der Waals surface area contributed by atoms with Crippen molar-refractivity contribution in [3.05, 3.63) is 12.7 Å². The molecule has 6 heteroatoms. The maximum Gasteiger partial charge on any atom is 0.314 e. The van der Waals surface area contributed by atoms with Crippen molar-refractivity contribution in [2.24, 2.45) is 17.8 Å². The predicted molar refractivity (Wildman–Crippen MR) is 65.0 cm³/mol. The molecule has 2 rings (SSSR count). The van der Waals surface area contributed by atoms with E-state index >= 15 is 0 Å². The van der Waals surface area contributed by atoms with E-state index in [9.17, 15) is 9.90 Å². The zero-order valence-corrected chi connectivity index (χ0v) is 11.0. The summed E-state index contributed by atoms with van der Waals surface area (Å²) in [7, 11) is 1.30. The van der Waals surface area contributed by atoms with Gasteiger partial charge < -0.3 is 24.1 Å². The van der Waals surface area contributed by atoms with Crippen molar-refractivity contribution < 1.29 is 28.8 Å². The maximum atomic E-state index is 11.8. The molecule has 2 saturated heterocycles. The molecule has 0 saturated carbocycles. The van der Waals surface area contributed by atoms with E-state index in [4.69, 9.17) is 18.9 Å². The molecule has 2 heterocycles. The lowest BCUT2D eigenvalue weighted by molar-refractivity contribution is -0.212. The Hall–Kier alpha value is -0.950. The van der Waals surface area contributed by atoms with E-state index in [-0.39, 0.29) is 18.1 Å². The second kappa shape index (κ2) is 6.47. The van der Waals surface area contributed by atoms with E-state index in [1.165, 1.54) is 7.11 Å². The second-order valence-corrected chi connectivity index (χ2v) is 4.74. The molecule has 2 aliphatic heterocycles. The van der Waals surface area contributed by atoms with Gasteiger partial charge in [0.15, 0.2) is 12.6 Å². The molecule has 0 radical (unpaired) electrons. The molecule has 2 unspecified atom stereocenters. The highest BCUT2D eigenvalue weighted by Crippen LogP contribution is 2.36. The summed E-state index contributed by atoms with van der Waals surface area (Å²) in [5.74, 6) is -1.44. The van der Waals surface area contributed by atoms with Gasteiger partial charge in [0.25, 0.3) is 0 Å². The summed E-state index contributed by atoms with van der Waals surface area (Å²) in [5, 5.41) is 9.89. The van der Waals surface area contributed by atoms with Crippen LogP contribution in [0.25, 0.3) is 0 Å². The molecule has 0 spiro atoms. The normalized spacial score (nSPS) is 36.1. The van der Waals surface area contributed by atoms with Gasteiger partial charge in [-0.3, -0.25) is 4.79 Å². The summed E-state index contributed by atoms with van der Waals surface area (Å²) >= 11 is 0. The lowest BCUT2D eigenvalue weighted by atomic mass is 9.77. The molecule has 0 amide bonds. The van der Waals surface area contributed by atoms with Crippen molar-refractivity contribution >= 4 is 5.97 Å². The number of hydrogen-bond acceptors (Lipinski definition) is 6. The van der Waals surface area contributed by atoms with Crippen LogP contribution in [-0.4, -0.2) is 50.6 Å². The molecule has 0 aromatic heterocycles. The van der Waals surface area contributed by atoms with Gasteiger partial charge in [-0.1, -0.05) is 6.08 Å². The number of aliphatic hydroxyl groups is 1. The third kappa shape index (κ3) is 3.14. The highest BCUT2D eigenvalue weighted by molar-refractivity contribution is 5.73. The van der Waals surface area contributed by atoms with Crippen LogP contribution in [0.15, 0.2) is 12.7 Å². The number of hydrogen-bond donors (Lipinski definition) is 1. The molecule has 1 N–H and O–H groups in total. The molecule has 108 valence electrons. The fourth-order valence-corrected chi connectivity index (χ4v) is 2.67. The van der Waals surface area contributed by atoms with Crippen molar-refractivity contribution in [2.75, 3.05) is 26.9 Å². The van der Waals surface area contributed by atoms with Crippen LogP contribution in [0.5, 0.6) is 0 Å². The molecule has 4 atom stereocenters. The number of rotatable bonds is 4. The first-order chi connectivity index (χ1) is 9.17. The Kier molecular flexibility index (Phi) is 4.93. The summed E-state index contributed by atoms with van der Waals surface area (Å²) in [6.07, 6.45) is 0.748. The number of carbonyl (C=O) groups is 1. The summed E-state index contributed by atoms with van der Waals surface area (Å²) in [4.78, 5) is 11.8. The minimum Gasteiger partial charge on any atom is -0.469 e. The van der Waals surface area contributed by atoms with Crippen LogP contribution in [0, 0.1) is 17.8 Å². The van der Waals surface area contributed by atoms with E-state index in [1.807, 2.05) is 0 Å². The molecule has 0 aliphatic carbocycles. The molecule has 2 fully saturated rings. The number of esters is 1. The van der Waals surface area contributed by atoms with Crippen LogP contribution in [0.1, 0.15) is 6.42 Å². The quantitative estimate of drug-likeness (QED) is 0.586. The summed E-state index contributed by atoms with van der Waals surface area (Å²) in [5.41, 5.74) is 0. The predicted octanol–water partition coefficient (Wildman–Crippen LogP) is 0.306. The van der Waals surface area contributed by atoms with Gasteiger partial charge >= 0.3 is 5.97 Å². The molecular formula is C13H20O6. The van der Waals surface area contributed by atoms with Gasteiger partial charge in [-0.15, -0.1) is 6.58 Å². The molecule has 0 aromatic rings. The van der Waals surface area contributed by atoms with E-state index in [2.05, 4.69) is 6.58 Å². The van der Waals surface area contributed by atoms with Gasteiger partial charge in [0.05, 0.1) is 26.9 Å². The number of ether oxygens (including phenoxy) is 4. The highest BCUT2D eigenvalue weighted by Gasteiger charge is 2.45. The lowest BCUT2D eigenvalue weighted by Crippen LogP contribution is -2.47. The summed E-state index contributed by atoms with van der Waals surface area (Å²) in [6, 6.07) is 0. The minimum absolute atomic E-state index is 0.0414. The van der Waals surface area contributed by atoms with Gasteiger partial charge in [-0.2, -0.15) is 0 Å². The summed E-state index contributed by atoms with van der Waals surface area (Å²) < 4.78 is 20.8. The van der Waals surface area contributed by atoms with E-state index in [1.54, 1.807) is 6.08 Å². The second-order valence-electron chi connectivity index (χ2n) is 4.74. The third-order valence-electron chi connectivity index (χ3n) is 3.71. The van der Waals surface area contributed by atoms with Crippen molar-refractivity contribution in [1.82, 2.24) is 0 Å². The Morgan fingerprint density at radius 2 is 2.11 bits per heavy atom. The molecule has 2 aliphatic rings. The number of methoxy groups -OCH3 is 1. The van der Waals surface area contributed by atoms with Crippen molar-refractivity contribution in [2.45, 2.75) is 19.0 Å². The highest BCUT2D eigenvalue weighted by atomic mass is 16.7. The van der Waals surface area contributed by atoms with Crippen molar-refractivity contribution in [1.29, 1.82) is 0 Å². The number of aliphatic hydroxyl groups excluding tert-OH is 1. The number of carbonyl (C=O) groups excluding carboxylic acids is 1. The minimum atomic E-state index is -1.16. The standard InChI is InChI=1S/C13H20O6/c1-3-8-7-19-13(15)11(12(14)16-2)9(8)6-10-17-4-5-18-10/h3,8-11,13,15H,1,4-7H2,2H3/t8-,9-,11?,13?/m0/s1. The Morgan fingerprint density at radius 3 is 2.68 bits per heavy atom. The van der Waals surface area contributed by atoms with Gasteiger partial charge in [-0.05, 0) is 5.92 Å². The van der Waals surface area contributed by atoms with Gasteiger partial charge in [0.2, 0.25) is 0 Å².